The van der Waals surface area contributed by atoms with E-state index in [0.717, 1.165) is 24.3 Å². The molecule has 1 unspecified atom stereocenters. The van der Waals surface area contributed by atoms with Crippen LogP contribution in [0.4, 0.5) is 4.39 Å². The number of nitrogens with two attached hydrogens (primary N) is 1. The lowest BCUT2D eigenvalue weighted by Gasteiger charge is -2.46. The second kappa shape index (κ2) is 5.57. The van der Waals surface area contributed by atoms with Gasteiger partial charge in [0, 0.05) is 24.7 Å². The van der Waals surface area contributed by atoms with E-state index in [9.17, 15) is 4.39 Å². The summed E-state index contributed by atoms with van der Waals surface area (Å²) in [7, 11) is 0. The first kappa shape index (κ1) is 14.4. The topological polar surface area (TPSA) is 38.5 Å². The number of hydrogen-bond acceptors (Lipinski definition) is 3. The summed E-state index contributed by atoms with van der Waals surface area (Å²) in [6.07, 6.45) is 0. The number of rotatable bonds is 3. The normalized spacial score (nSPS) is 21.3. The van der Waals surface area contributed by atoms with E-state index in [1.54, 1.807) is 6.07 Å². The van der Waals surface area contributed by atoms with Gasteiger partial charge in [-0.1, -0.05) is 6.07 Å². The van der Waals surface area contributed by atoms with Gasteiger partial charge in [-0.3, -0.25) is 4.90 Å². The summed E-state index contributed by atoms with van der Waals surface area (Å²) < 4.78 is 18.8. The summed E-state index contributed by atoms with van der Waals surface area (Å²) in [5, 5.41) is 0. The van der Waals surface area contributed by atoms with Gasteiger partial charge >= 0.3 is 0 Å². The van der Waals surface area contributed by atoms with Crippen molar-refractivity contribution >= 4 is 0 Å². The van der Waals surface area contributed by atoms with Gasteiger partial charge < -0.3 is 10.5 Å². The molecule has 2 rings (SSSR count). The van der Waals surface area contributed by atoms with E-state index in [1.165, 1.54) is 6.07 Å². The molecule has 19 heavy (non-hydrogen) atoms. The lowest BCUT2D eigenvalue weighted by atomic mass is 9.93. The maximum Gasteiger partial charge on any atom is 0.123 e. The van der Waals surface area contributed by atoms with Crippen LogP contribution in [0.2, 0.25) is 0 Å². The molecule has 1 fully saturated rings. The predicted octanol–water partition coefficient (Wildman–Crippen LogP) is 2.24. The Morgan fingerprint density at radius 2 is 2.21 bits per heavy atom. The Bertz CT molecular complexity index is 448. The number of benzene rings is 1. The Balaban J connectivity index is 2.33. The van der Waals surface area contributed by atoms with Crippen LogP contribution in [0.15, 0.2) is 18.2 Å². The van der Waals surface area contributed by atoms with Crippen LogP contribution in [-0.4, -0.2) is 36.7 Å². The first-order valence-electron chi connectivity index (χ1n) is 6.76. The van der Waals surface area contributed by atoms with E-state index in [-0.39, 0.29) is 17.4 Å². The largest absolute Gasteiger partial charge is 0.378 e. The van der Waals surface area contributed by atoms with Crippen LogP contribution in [0, 0.1) is 12.7 Å². The highest BCUT2D eigenvalue weighted by molar-refractivity contribution is 5.30. The van der Waals surface area contributed by atoms with E-state index in [1.807, 2.05) is 13.0 Å². The molecule has 1 aliphatic heterocycles. The SMILES string of the molecule is Cc1cc(F)ccc1C(CN)N1CCOCC1(C)C. The molecule has 1 aromatic carbocycles. The van der Waals surface area contributed by atoms with Gasteiger partial charge in [-0.2, -0.15) is 0 Å². The van der Waals surface area contributed by atoms with Crippen molar-refractivity contribution in [2.24, 2.45) is 5.73 Å². The van der Waals surface area contributed by atoms with Gasteiger partial charge in [0.1, 0.15) is 5.82 Å². The van der Waals surface area contributed by atoms with E-state index >= 15 is 0 Å². The summed E-state index contributed by atoms with van der Waals surface area (Å²) in [6, 6.07) is 5.05. The first-order chi connectivity index (χ1) is 8.95. The molecule has 3 nitrogen and oxygen atoms in total. The monoisotopic (exact) mass is 266 g/mol. The van der Waals surface area contributed by atoms with Gasteiger partial charge in [0.15, 0.2) is 0 Å². The van der Waals surface area contributed by atoms with E-state index in [4.69, 9.17) is 10.5 Å². The summed E-state index contributed by atoms with van der Waals surface area (Å²) in [5.74, 6) is -0.196. The maximum absolute atomic E-state index is 13.2. The average Bonchev–Trinajstić information content (AvgIpc) is 2.34. The van der Waals surface area contributed by atoms with E-state index in [0.29, 0.717) is 13.2 Å². The van der Waals surface area contributed by atoms with Crippen LogP contribution in [0.5, 0.6) is 0 Å². The summed E-state index contributed by atoms with van der Waals surface area (Å²) in [6.45, 7) is 9.06. The van der Waals surface area contributed by atoms with Gasteiger partial charge in [-0.15, -0.1) is 0 Å². The zero-order valence-electron chi connectivity index (χ0n) is 11.9. The smallest absolute Gasteiger partial charge is 0.123 e. The van der Waals surface area contributed by atoms with Crippen LogP contribution < -0.4 is 5.73 Å². The van der Waals surface area contributed by atoms with Crippen LogP contribution in [0.1, 0.15) is 31.0 Å². The number of halogens is 1. The molecule has 0 amide bonds. The highest BCUT2D eigenvalue weighted by Crippen LogP contribution is 2.31. The minimum atomic E-state index is -0.196. The van der Waals surface area contributed by atoms with Gasteiger partial charge in [-0.25, -0.2) is 4.39 Å². The molecule has 1 heterocycles. The van der Waals surface area contributed by atoms with Crippen molar-refractivity contribution in [3.05, 3.63) is 35.1 Å². The number of aryl methyl sites for hydroxylation is 1. The number of nitrogens with zero attached hydrogens (tertiary/aromatic N) is 1. The lowest BCUT2D eigenvalue weighted by Crippen LogP contribution is -2.55. The Hall–Kier alpha value is -0.970. The highest BCUT2D eigenvalue weighted by Gasteiger charge is 2.36. The molecule has 106 valence electrons. The molecule has 1 aliphatic rings. The van der Waals surface area contributed by atoms with Gasteiger partial charge in [0.25, 0.3) is 0 Å². The van der Waals surface area contributed by atoms with Gasteiger partial charge in [0.2, 0.25) is 0 Å². The van der Waals surface area contributed by atoms with Crippen molar-refractivity contribution in [2.45, 2.75) is 32.4 Å². The molecule has 2 N–H and O–H groups in total. The molecule has 0 spiro atoms. The number of ether oxygens (including phenoxy) is 1. The van der Waals surface area contributed by atoms with Crippen molar-refractivity contribution in [3.63, 3.8) is 0 Å². The molecule has 0 aliphatic carbocycles. The third-order valence-corrected chi connectivity index (χ3v) is 3.90. The van der Waals surface area contributed by atoms with E-state index in [2.05, 4.69) is 18.7 Å². The molecule has 0 aromatic heterocycles. The average molecular weight is 266 g/mol. The number of morpholine rings is 1. The van der Waals surface area contributed by atoms with Gasteiger partial charge in [0.05, 0.1) is 13.2 Å². The third kappa shape index (κ3) is 2.96. The predicted molar refractivity (Wildman–Crippen MR) is 74.5 cm³/mol. The molecule has 0 saturated carbocycles. The molecule has 0 bridgehead atoms. The van der Waals surface area contributed by atoms with Crippen LogP contribution in [-0.2, 0) is 4.74 Å². The second-order valence-corrected chi connectivity index (χ2v) is 5.81. The molecule has 1 atom stereocenters. The van der Waals surface area contributed by atoms with E-state index < -0.39 is 0 Å². The van der Waals surface area contributed by atoms with Crippen LogP contribution in [0.25, 0.3) is 0 Å². The minimum absolute atomic E-state index is 0.0525. The quantitative estimate of drug-likeness (QED) is 0.912. The van der Waals surface area contributed by atoms with Crippen molar-refractivity contribution in [2.75, 3.05) is 26.3 Å². The molecular formula is C15H23FN2O. The summed E-state index contributed by atoms with van der Waals surface area (Å²) in [4.78, 5) is 2.37. The Kier molecular flexibility index (Phi) is 4.23. The van der Waals surface area contributed by atoms with Crippen LogP contribution in [0.3, 0.4) is 0 Å². The third-order valence-electron chi connectivity index (χ3n) is 3.90. The zero-order chi connectivity index (χ0) is 14.0. The fourth-order valence-corrected chi connectivity index (χ4v) is 2.88. The van der Waals surface area contributed by atoms with Crippen molar-refractivity contribution in [1.82, 2.24) is 4.90 Å². The Morgan fingerprint density at radius 1 is 1.47 bits per heavy atom. The maximum atomic E-state index is 13.2. The van der Waals surface area contributed by atoms with Crippen molar-refractivity contribution in [1.29, 1.82) is 0 Å². The molecular weight excluding hydrogens is 243 g/mol. The second-order valence-electron chi connectivity index (χ2n) is 5.81. The highest BCUT2D eigenvalue weighted by atomic mass is 19.1. The first-order valence-corrected chi connectivity index (χ1v) is 6.76. The zero-order valence-corrected chi connectivity index (χ0v) is 11.9. The Labute approximate surface area is 114 Å². The lowest BCUT2D eigenvalue weighted by molar-refractivity contribution is -0.0713. The standard InChI is InChI=1S/C15H23FN2O/c1-11-8-12(16)4-5-13(11)14(9-17)18-6-7-19-10-15(18,2)3/h4-5,8,14H,6-7,9-10,17H2,1-3H3. The van der Waals surface area contributed by atoms with Crippen LogP contribution >= 0.6 is 0 Å². The molecule has 1 saturated heterocycles. The number of hydrogen-bond donors (Lipinski definition) is 1. The van der Waals surface area contributed by atoms with Crippen molar-refractivity contribution < 1.29 is 9.13 Å². The van der Waals surface area contributed by atoms with Gasteiger partial charge in [-0.05, 0) is 44.0 Å². The molecule has 0 radical (unpaired) electrons. The van der Waals surface area contributed by atoms with Crippen molar-refractivity contribution in [3.8, 4) is 0 Å². The molecule has 1 aromatic rings. The fourth-order valence-electron chi connectivity index (χ4n) is 2.88. The Morgan fingerprint density at radius 3 is 2.79 bits per heavy atom. The summed E-state index contributed by atoms with van der Waals surface area (Å²) in [5.41, 5.74) is 8.00. The minimum Gasteiger partial charge on any atom is -0.378 e. The molecule has 4 heteroatoms. The summed E-state index contributed by atoms with van der Waals surface area (Å²) >= 11 is 0. The fraction of sp³-hybridized carbons (Fsp3) is 0.600.